The Morgan fingerprint density at radius 2 is 1.69 bits per heavy atom. The molecule has 3 aliphatic rings. The van der Waals surface area contributed by atoms with Crippen LogP contribution < -0.4 is 10.2 Å². The van der Waals surface area contributed by atoms with Crippen LogP contribution in [0, 0.1) is 5.82 Å². The van der Waals surface area contributed by atoms with Crippen molar-refractivity contribution in [2.24, 2.45) is 0 Å². The van der Waals surface area contributed by atoms with Crippen molar-refractivity contribution in [3.05, 3.63) is 59.4 Å². The predicted octanol–water partition coefficient (Wildman–Crippen LogP) is 6.94. The van der Waals surface area contributed by atoms with Crippen molar-refractivity contribution in [2.75, 3.05) is 36.4 Å². The standard InChI is InChI=1S/C24H30FN3.C2H6.2CH4/c1-17-23(16-27-12-9-19(10-13-27)18-6-3-2-4-7-18)28-11-5-8-20-14-21(25)15-22(26-17)24(20)28;1-2;;/h2-4,6-7,14-15,17,19,23,26H,5,8-13,16H2,1H3;1-2H3;2*1H4. The molecule has 2 aromatic carbocycles. The number of nitrogens with one attached hydrogen (secondary N) is 1. The summed E-state index contributed by atoms with van der Waals surface area (Å²) in [6.07, 6.45) is 4.59. The molecule has 0 bridgehead atoms. The SMILES string of the molecule is C.C.CC.CC1Nc2cc(F)cc3c2N(CCC3)C1CN1CCC(c2ccccc2)CC1. The molecule has 0 spiro atoms. The van der Waals surface area contributed by atoms with E-state index in [-0.39, 0.29) is 20.7 Å². The number of benzene rings is 2. The maximum absolute atomic E-state index is 14.0. The van der Waals surface area contributed by atoms with E-state index in [2.05, 4.69) is 52.4 Å². The molecule has 5 rings (SSSR count). The Hall–Kier alpha value is -2.07. The van der Waals surface area contributed by atoms with Gasteiger partial charge in [0.2, 0.25) is 0 Å². The van der Waals surface area contributed by atoms with Gasteiger partial charge in [0.15, 0.2) is 0 Å². The van der Waals surface area contributed by atoms with Crippen molar-refractivity contribution in [2.45, 2.75) is 79.3 Å². The highest BCUT2D eigenvalue weighted by Gasteiger charge is 2.36. The maximum Gasteiger partial charge on any atom is 0.125 e. The first-order valence-corrected chi connectivity index (χ1v) is 11.8. The zero-order valence-electron chi connectivity index (χ0n) is 18.7. The van der Waals surface area contributed by atoms with E-state index in [9.17, 15) is 4.39 Å². The van der Waals surface area contributed by atoms with Crippen LogP contribution in [-0.2, 0) is 6.42 Å². The smallest absolute Gasteiger partial charge is 0.125 e. The van der Waals surface area contributed by atoms with Gasteiger partial charge in [-0.05, 0) is 74.9 Å². The Bertz CT molecular complexity index is 830. The van der Waals surface area contributed by atoms with Gasteiger partial charge < -0.3 is 15.1 Å². The van der Waals surface area contributed by atoms with Crippen LogP contribution in [0.4, 0.5) is 15.8 Å². The van der Waals surface area contributed by atoms with Gasteiger partial charge in [-0.2, -0.15) is 0 Å². The van der Waals surface area contributed by atoms with Crippen LogP contribution in [0.15, 0.2) is 42.5 Å². The van der Waals surface area contributed by atoms with Gasteiger partial charge in [-0.1, -0.05) is 59.0 Å². The average Bonchev–Trinajstić information content (AvgIpc) is 2.78. The lowest BCUT2D eigenvalue weighted by Crippen LogP contribution is -2.57. The van der Waals surface area contributed by atoms with Gasteiger partial charge in [-0.15, -0.1) is 0 Å². The number of nitrogens with zero attached hydrogens (tertiary/aromatic N) is 2. The number of aryl methyl sites for hydroxylation is 1. The predicted molar refractivity (Wildman–Crippen MR) is 139 cm³/mol. The van der Waals surface area contributed by atoms with E-state index in [1.165, 1.54) is 42.7 Å². The minimum absolute atomic E-state index is 0. The second-order valence-corrected chi connectivity index (χ2v) is 8.74. The Morgan fingerprint density at radius 1 is 1.00 bits per heavy atom. The first-order chi connectivity index (χ1) is 14.7. The molecule has 3 heterocycles. The molecule has 2 unspecified atom stereocenters. The minimum atomic E-state index is -0.114. The molecular formula is C28H44FN3. The zero-order valence-corrected chi connectivity index (χ0v) is 18.7. The number of piperidine rings is 1. The number of hydrogen-bond acceptors (Lipinski definition) is 3. The molecule has 3 aliphatic heterocycles. The van der Waals surface area contributed by atoms with Gasteiger partial charge in [0.1, 0.15) is 5.82 Å². The van der Waals surface area contributed by atoms with E-state index in [0.29, 0.717) is 18.0 Å². The molecular weight excluding hydrogens is 397 g/mol. The molecule has 0 amide bonds. The fourth-order valence-corrected chi connectivity index (χ4v) is 5.49. The van der Waals surface area contributed by atoms with Gasteiger partial charge in [0, 0.05) is 19.1 Å². The first-order valence-electron chi connectivity index (χ1n) is 11.8. The van der Waals surface area contributed by atoms with Crippen LogP contribution >= 0.6 is 0 Å². The summed E-state index contributed by atoms with van der Waals surface area (Å²) in [5.41, 5.74) is 4.91. The van der Waals surface area contributed by atoms with Crippen LogP contribution in [0.5, 0.6) is 0 Å². The van der Waals surface area contributed by atoms with E-state index in [1.54, 1.807) is 12.1 Å². The summed E-state index contributed by atoms with van der Waals surface area (Å²) in [5, 5.41) is 3.61. The average molecular weight is 442 g/mol. The normalized spacial score (nSPS) is 22.3. The van der Waals surface area contributed by atoms with Crippen molar-refractivity contribution in [3.63, 3.8) is 0 Å². The van der Waals surface area contributed by atoms with Crippen LogP contribution in [0.2, 0.25) is 0 Å². The maximum atomic E-state index is 14.0. The van der Waals surface area contributed by atoms with Gasteiger partial charge in [0.25, 0.3) is 0 Å². The van der Waals surface area contributed by atoms with Crippen LogP contribution in [0.1, 0.15) is 71.9 Å². The topological polar surface area (TPSA) is 18.5 Å². The summed E-state index contributed by atoms with van der Waals surface area (Å²) < 4.78 is 14.0. The highest BCUT2D eigenvalue weighted by atomic mass is 19.1. The molecule has 4 heteroatoms. The summed E-state index contributed by atoms with van der Waals surface area (Å²) in [6, 6.07) is 15.2. The Kier molecular flexibility index (Phi) is 9.57. The fourth-order valence-electron chi connectivity index (χ4n) is 5.49. The zero-order chi connectivity index (χ0) is 21.1. The van der Waals surface area contributed by atoms with Crippen molar-refractivity contribution in [1.82, 2.24) is 4.90 Å². The molecule has 1 fully saturated rings. The summed E-state index contributed by atoms with van der Waals surface area (Å²) in [7, 11) is 0. The molecule has 2 atom stereocenters. The number of likely N-dealkylation sites (tertiary alicyclic amines) is 1. The Labute approximate surface area is 196 Å². The largest absolute Gasteiger partial charge is 0.379 e. The Balaban J connectivity index is 0.000000884. The molecule has 3 nitrogen and oxygen atoms in total. The summed E-state index contributed by atoms with van der Waals surface area (Å²) >= 11 is 0. The molecule has 1 saturated heterocycles. The number of rotatable bonds is 3. The van der Waals surface area contributed by atoms with E-state index >= 15 is 0 Å². The molecule has 32 heavy (non-hydrogen) atoms. The van der Waals surface area contributed by atoms with Crippen LogP contribution in [-0.4, -0.2) is 43.2 Å². The molecule has 0 aromatic heterocycles. The van der Waals surface area contributed by atoms with Gasteiger partial charge in [-0.25, -0.2) is 4.39 Å². The monoisotopic (exact) mass is 441 g/mol. The van der Waals surface area contributed by atoms with Crippen molar-refractivity contribution >= 4 is 11.4 Å². The molecule has 1 N–H and O–H groups in total. The highest BCUT2D eigenvalue weighted by Crippen LogP contribution is 2.41. The molecule has 178 valence electrons. The molecule has 0 radical (unpaired) electrons. The second-order valence-electron chi connectivity index (χ2n) is 8.74. The van der Waals surface area contributed by atoms with Crippen molar-refractivity contribution in [3.8, 4) is 0 Å². The van der Waals surface area contributed by atoms with Crippen LogP contribution in [0.3, 0.4) is 0 Å². The Morgan fingerprint density at radius 3 is 2.38 bits per heavy atom. The third-order valence-electron chi connectivity index (χ3n) is 6.95. The van der Waals surface area contributed by atoms with E-state index < -0.39 is 0 Å². The lowest BCUT2D eigenvalue weighted by Gasteiger charge is -2.48. The second kappa shape index (κ2) is 11.7. The van der Waals surface area contributed by atoms with Crippen molar-refractivity contribution < 1.29 is 4.39 Å². The first kappa shape index (κ1) is 26.2. The molecule has 2 aromatic rings. The van der Waals surface area contributed by atoms with E-state index in [0.717, 1.165) is 31.6 Å². The minimum Gasteiger partial charge on any atom is -0.379 e. The fraction of sp³-hybridized carbons (Fsp3) is 0.571. The lowest BCUT2D eigenvalue weighted by molar-refractivity contribution is 0.192. The van der Waals surface area contributed by atoms with Gasteiger partial charge in [-0.3, -0.25) is 0 Å². The van der Waals surface area contributed by atoms with Gasteiger partial charge in [0.05, 0.1) is 17.4 Å². The number of hydrogen-bond donors (Lipinski definition) is 1. The third kappa shape index (κ3) is 5.28. The van der Waals surface area contributed by atoms with Gasteiger partial charge >= 0.3 is 0 Å². The summed E-state index contributed by atoms with van der Waals surface area (Å²) in [5.74, 6) is 0.585. The molecule has 0 saturated carbocycles. The van der Waals surface area contributed by atoms with Crippen molar-refractivity contribution in [1.29, 1.82) is 0 Å². The quantitative estimate of drug-likeness (QED) is 0.556. The number of anilines is 2. The van der Waals surface area contributed by atoms with Crippen LogP contribution in [0.25, 0.3) is 0 Å². The lowest BCUT2D eigenvalue weighted by atomic mass is 9.88. The third-order valence-corrected chi connectivity index (χ3v) is 6.95. The number of halogens is 1. The molecule has 0 aliphatic carbocycles. The highest BCUT2D eigenvalue weighted by molar-refractivity contribution is 5.78. The summed E-state index contributed by atoms with van der Waals surface area (Å²) in [4.78, 5) is 5.21. The van der Waals surface area contributed by atoms with E-state index in [1.807, 2.05) is 13.8 Å². The summed E-state index contributed by atoms with van der Waals surface area (Å²) in [6.45, 7) is 10.8. The van der Waals surface area contributed by atoms with E-state index in [4.69, 9.17) is 0 Å².